The lowest BCUT2D eigenvalue weighted by Gasteiger charge is -2.28. The second-order valence-corrected chi connectivity index (χ2v) is 9.05. The van der Waals surface area contributed by atoms with Gasteiger partial charge in [-0.15, -0.1) is 0 Å². The van der Waals surface area contributed by atoms with Gasteiger partial charge in [0.2, 0.25) is 10.0 Å². The summed E-state index contributed by atoms with van der Waals surface area (Å²) in [6, 6.07) is 15.6. The van der Waals surface area contributed by atoms with E-state index in [-0.39, 0.29) is 0 Å². The molecule has 1 heterocycles. The van der Waals surface area contributed by atoms with Gasteiger partial charge in [-0.3, -0.25) is 4.31 Å². The Bertz CT molecular complexity index is 1130. The minimum absolute atomic E-state index is 0.318. The molecule has 0 N–H and O–H groups in total. The van der Waals surface area contributed by atoms with Gasteiger partial charge in [0.25, 0.3) is 0 Å². The molecule has 1 aromatic heterocycles. The number of aromatic nitrogens is 2. The molecule has 0 radical (unpaired) electrons. The Morgan fingerprint density at radius 3 is 2.57 bits per heavy atom. The molecule has 6 heteroatoms. The molecule has 4 rings (SSSR count). The Morgan fingerprint density at radius 2 is 1.89 bits per heavy atom. The quantitative estimate of drug-likeness (QED) is 0.663. The first kappa shape index (κ1) is 18.5. The molecule has 3 aromatic rings. The van der Waals surface area contributed by atoms with Crippen molar-refractivity contribution in [2.24, 2.45) is 7.05 Å². The minimum Gasteiger partial charge on any atom is -0.340 e. The van der Waals surface area contributed by atoms with Gasteiger partial charge < -0.3 is 4.57 Å². The minimum atomic E-state index is -3.43. The van der Waals surface area contributed by atoms with Crippen molar-refractivity contribution < 1.29 is 8.42 Å². The fourth-order valence-corrected chi connectivity index (χ4v) is 4.63. The molecule has 0 bridgehead atoms. The Morgan fingerprint density at radius 1 is 1.11 bits per heavy atom. The second kappa shape index (κ2) is 7.28. The molecule has 0 amide bonds. The zero-order valence-corrected chi connectivity index (χ0v) is 16.9. The molecule has 2 aromatic carbocycles. The van der Waals surface area contributed by atoms with Crippen molar-refractivity contribution in [3.8, 4) is 0 Å². The molecule has 0 saturated heterocycles. The summed E-state index contributed by atoms with van der Waals surface area (Å²) in [5, 5.41) is 0. The van der Waals surface area contributed by atoms with Crippen LogP contribution in [0, 0.1) is 0 Å². The van der Waals surface area contributed by atoms with Crippen molar-refractivity contribution >= 4 is 21.3 Å². The number of sulfonamides is 1. The van der Waals surface area contributed by atoms with Crippen molar-refractivity contribution in [2.75, 3.05) is 10.6 Å². The van der Waals surface area contributed by atoms with Gasteiger partial charge >= 0.3 is 0 Å². The molecule has 0 saturated carbocycles. The van der Waals surface area contributed by atoms with Crippen molar-refractivity contribution in [1.82, 2.24) is 9.55 Å². The number of allylic oxidation sites excluding steroid dienone is 1. The summed E-state index contributed by atoms with van der Waals surface area (Å²) in [5.74, 6) is 0. The van der Waals surface area contributed by atoms with Crippen LogP contribution in [-0.4, -0.2) is 24.2 Å². The van der Waals surface area contributed by atoms with E-state index in [4.69, 9.17) is 0 Å². The van der Waals surface area contributed by atoms with E-state index in [2.05, 4.69) is 17.1 Å². The molecule has 0 atom stereocenters. The molecular weight excluding hydrogens is 370 g/mol. The van der Waals surface area contributed by atoms with E-state index in [9.17, 15) is 8.42 Å². The van der Waals surface area contributed by atoms with Gasteiger partial charge in [0.15, 0.2) is 0 Å². The van der Waals surface area contributed by atoms with Crippen LogP contribution in [0.2, 0.25) is 0 Å². The number of aryl methyl sites for hydroxylation is 1. The molecule has 144 valence electrons. The van der Waals surface area contributed by atoms with Gasteiger partial charge in [-0.1, -0.05) is 48.5 Å². The van der Waals surface area contributed by atoms with Gasteiger partial charge in [0.05, 0.1) is 30.5 Å². The van der Waals surface area contributed by atoms with Gasteiger partial charge in [0, 0.05) is 18.8 Å². The van der Waals surface area contributed by atoms with E-state index in [0.717, 1.165) is 46.5 Å². The summed E-state index contributed by atoms with van der Waals surface area (Å²) >= 11 is 0. The predicted octanol–water partition coefficient (Wildman–Crippen LogP) is 3.76. The molecule has 0 unspecified atom stereocenters. The van der Waals surface area contributed by atoms with Crippen molar-refractivity contribution in [3.63, 3.8) is 0 Å². The monoisotopic (exact) mass is 393 g/mol. The number of anilines is 1. The van der Waals surface area contributed by atoms with Crippen LogP contribution >= 0.6 is 0 Å². The first-order chi connectivity index (χ1) is 13.4. The van der Waals surface area contributed by atoms with E-state index in [1.165, 1.54) is 10.6 Å². The number of imidazole rings is 1. The molecule has 1 aliphatic carbocycles. The van der Waals surface area contributed by atoms with Gasteiger partial charge in [-0.05, 0) is 35.6 Å². The Hall–Kier alpha value is -2.86. The maximum absolute atomic E-state index is 12.7. The summed E-state index contributed by atoms with van der Waals surface area (Å²) in [7, 11) is -1.49. The third-order valence-electron chi connectivity index (χ3n) is 5.00. The number of hydrogen-bond donors (Lipinski definition) is 0. The fraction of sp³-hybridized carbons (Fsp3) is 0.227. The lowest BCUT2D eigenvalue weighted by molar-refractivity contribution is 0.596. The molecule has 0 fully saturated rings. The van der Waals surface area contributed by atoms with Crippen LogP contribution in [0.3, 0.4) is 0 Å². The smallest absolute Gasteiger partial charge is 0.232 e. The highest BCUT2D eigenvalue weighted by atomic mass is 32.2. The predicted molar refractivity (Wildman–Crippen MR) is 113 cm³/mol. The summed E-state index contributed by atoms with van der Waals surface area (Å²) < 4.78 is 28.8. The average Bonchev–Trinajstić information content (AvgIpc) is 3.11. The van der Waals surface area contributed by atoms with Crippen molar-refractivity contribution in [3.05, 3.63) is 89.5 Å². The molecule has 1 aliphatic rings. The SMILES string of the molecule is Cn1cnc(C2=CCCc3c2cccc3N(Cc2ccccc2)S(C)(=O)=O)c1. The van der Waals surface area contributed by atoms with Crippen LogP contribution in [0.1, 0.15) is 28.8 Å². The highest BCUT2D eigenvalue weighted by molar-refractivity contribution is 7.92. The number of hydrogen-bond acceptors (Lipinski definition) is 3. The first-order valence-corrected chi connectivity index (χ1v) is 11.1. The lowest BCUT2D eigenvalue weighted by Crippen LogP contribution is -2.30. The largest absolute Gasteiger partial charge is 0.340 e. The number of benzene rings is 2. The molecule has 0 aliphatic heterocycles. The average molecular weight is 394 g/mol. The Labute approximate surface area is 166 Å². The lowest BCUT2D eigenvalue weighted by atomic mass is 9.88. The molecule has 5 nitrogen and oxygen atoms in total. The summed E-state index contributed by atoms with van der Waals surface area (Å²) in [5.41, 5.74) is 5.81. The number of rotatable bonds is 5. The van der Waals surface area contributed by atoms with E-state index in [1.807, 2.05) is 60.3 Å². The normalized spacial score (nSPS) is 13.7. The van der Waals surface area contributed by atoms with Crippen LogP contribution in [0.4, 0.5) is 5.69 Å². The van der Waals surface area contributed by atoms with Crippen LogP contribution in [0.5, 0.6) is 0 Å². The summed E-state index contributed by atoms with van der Waals surface area (Å²) in [4.78, 5) is 4.49. The second-order valence-electron chi connectivity index (χ2n) is 7.14. The summed E-state index contributed by atoms with van der Waals surface area (Å²) in [6.07, 6.45) is 8.91. The van der Waals surface area contributed by atoms with Crippen LogP contribution in [-0.2, 0) is 30.0 Å². The van der Waals surface area contributed by atoms with E-state index >= 15 is 0 Å². The van der Waals surface area contributed by atoms with Crippen LogP contribution < -0.4 is 4.31 Å². The van der Waals surface area contributed by atoms with Gasteiger partial charge in [-0.2, -0.15) is 0 Å². The third-order valence-corrected chi connectivity index (χ3v) is 6.13. The highest BCUT2D eigenvalue weighted by Crippen LogP contribution is 2.37. The molecule has 0 spiro atoms. The van der Waals surface area contributed by atoms with E-state index in [0.29, 0.717) is 6.54 Å². The van der Waals surface area contributed by atoms with E-state index in [1.54, 1.807) is 6.33 Å². The molecular formula is C22H23N3O2S. The fourth-order valence-electron chi connectivity index (χ4n) is 3.72. The zero-order chi connectivity index (χ0) is 19.7. The number of nitrogens with zero attached hydrogens (tertiary/aromatic N) is 3. The van der Waals surface area contributed by atoms with Crippen LogP contribution in [0.15, 0.2) is 67.1 Å². The van der Waals surface area contributed by atoms with Gasteiger partial charge in [-0.25, -0.2) is 13.4 Å². The number of fused-ring (bicyclic) bond motifs is 1. The maximum atomic E-state index is 12.7. The summed E-state index contributed by atoms with van der Waals surface area (Å²) in [6.45, 7) is 0.318. The van der Waals surface area contributed by atoms with Gasteiger partial charge in [0.1, 0.15) is 0 Å². The van der Waals surface area contributed by atoms with E-state index < -0.39 is 10.0 Å². The molecule has 28 heavy (non-hydrogen) atoms. The maximum Gasteiger partial charge on any atom is 0.232 e. The third kappa shape index (κ3) is 3.60. The van der Waals surface area contributed by atoms with Crippen molar-refractivity contribution in [1.29, 1.82) is 0 Å². The Balaban J connectivity index is 1.81. The first-order valence-electron chi connectivity index (χ1n) is 9.26. The topological polar surface area (TPSA) is 55.2 Å². The van der Waals surface area contributed by atoms with Crippen LogP contribution in [0.25, 0.3) is 5.57 Å². The Kier molecular flexibility index (Phi) is 4.81. The van der Waals surface area contributed by atoms with Crippen molar-refractivity contribution in [2.45, 2.75) is 19.4 Å². The highest BCUT2D eigenvalue weighted by Gasteiger charge is 2.25. The standard InChI is InChI=1S/C22H23N3O2S/c1-24-15-21(23-16-24)19-11-6-12-20-18(19)10-7-13-22(20)25(28(2,26)27)14-17-8-4-3-5-9-17/h3-5,7-11,13,15-16H,6,12,14H2,1-2H3. The zero-order valence-electron chi connectivity index (χ0n) is 16.0.